The summed E-state index contributed by atoms with van der Waals surface area (Å²) < 4.78 is 42.5. The van der Waals surface area contributed by atoms with Crippen molar-refractivity contribution in [2.75, 3.05) is 19.5 Å². The fourth-order valence-corrected chi connectivity index (χ4v) is 1.17. The standard InChI is InChI=1S/C11H12ClF3N2O3/c1-17(19-2)10(18)16-7-4-3-5-8(6-7)20-11(14,15)9(12)13/h3-6,9H,1-2H3,(H,16,18). The third-order valence-corrected chi connectivity index (χ3v) is 2.41. The molecule has 0 heterocycles. The van der Waals surface area contributed by atoms with Crippen LogP contribution in [0.2, 0.25) is 0 Å². The van der Waals surface area contributed by atoms with Gasteiger partial charge in [-0.05, 0) is 12.1 Å². The van der Waals surface area contributed by atoms with Crippen LogP contribution in [0.5, 0.6) is 5.75 Å². The highest BCUT2D eigenvalue weighted by Gasteiger charge is 2.42. The van der Waals surface area contributed by atoms with Gasteiger partial charge in [-0.25, -0.2) is 14.2 Å². The highest BCUT2D eigenvalue weighted by molar-refractivity contribution is 6.20. The first kappa shape index (κ1) is 16.4. The molecule has 112 valence electrons. The van der Waals surface area contributed by atoms with Crippen LogP contribution in [0.1, 0.15) is 0 Å². The van der Waals surface area contributed by atoms with Gasteiger partial charge in [0.05, 0.1) is 7.11 Å². The van der Waals surface area contributed by atoms with Crippen LogP contribution in [0.25, 0.3) is 0 Å². The largest absolute Gasteiger partial charge is 0.444 e. The minimum Gasteiger partial charge on any atom is -0.429 e. The summed E-state index contributed by atoms with van der Waals surface area (Å²) in [6.07, 6.45) is -4.17. The van der Waals surface area contributed by atoms with Crippen LogP contribution >= 0.6 is 11.6 Å². The lowest BCUT2D eigenvalue weighted by molar-refractivity contribution is -0.198. The molecule has 1 unspecified atom stereocenters. The number of anilines is 1. The van der Waals surface area contributed by atoms with Gasteiger partial charge < -0.3 is 10.1 Å². The summed E-state index contributed by atoms with van der Waals surface area (Å²) in [5.41, 5.74) is -2.82. The number of carbonyl (C=O) groups is 1. The van der Waals surface area contributed by atoms with E-state index in [1.807, 2.05) is 0 Å². The Morgan fingerprint density at radius 1 is 1.50 bits per heavy atom. The Labute approximate surface area is 118 Å². The van der Waals surface area contributed by atoms with E-state index in [0.29, 0.717) is 0 Å². The molecule has 2 amide bonds. The number of ether oxygens (including phenoxy) is 1. The van der Waals surface area contributed by atoms with Gasteiger partial charge in [0.15, 0.2) is 0 Å². The number of amides is 2. The average Bonchev–Trinajstić information content (AvgIpc) is 2.37. The molecule has 1 aromatic carbocycles. The van der Waals surface area contributed by atoms with Gasteiger partial charge in [-0.2, -0.15) is 8.78 Å². The van der Waals surface area contributed by atoms with E-state index in [-0.39, 0.29) is 11.4 Å². The van der Waals surface area contributed by atoms with Crippen molar-refractivity contribution in [1.82, 2.24) is 5.06 Å². The van der Waals surface area contributed by atoms with E-state index >= 15 is 0 Å². The molecule has 0 aliphatic rings. The van der Waals surface area contributed by atoms with Gasteiger partial charge in [0, 0.05) is 18.8 Å². The molecule has 1 N–H and O–H groups in total. The fourth-order valence-electron chi connectivity index (χ4n) is 1.12. The summed E-state index contributed by atoms with van der Waals surface area (Å²) in [6, 6.07) is 4.41. The number of rotatable bonds is 5. The minimum absolute atomic E-state index is 0.164. The van der Waals surface area contributed by atoms with Gasteiger partial charge >= 0.3 is 12.1 Å². The fraction of sp³-hybridized carbons (Fsp3) is 0.364. The number of nitrogens with one attached hydrogen (secondary N) is 1. The van der Waals surface area contributed by atoms with Gasteiger partial charge in [-0.3, -0.25) is 4.84 Å². The number of benzene rings is 1. The Balaban J connectivity index is 2.79. The number of halogens is 4. The van der Waals surface area contributed by atoms with E-state index < -0.39 is 17.8 Å². The maximum atomic E-state index is 13.0. The number of alkyl halides is 4. The van der Waals surface area contributed by atoms with Crippen molar-refractivity contribution in [3.63, 3.8) is 0 Å². The second-order valence-electron chi connectivity index (χ2n) is 3.60. The quantitative estimate of drug-likeness (QED) is 0.671. The topological polar surface area (TPSA) is 50.8 Å². The number of urea groups is 1. The van der Waals surface area contributed by atoms with Crippen LogP contribution in [-0.2, 0) is 4.84 Å². The van der Waals surface area contributed by atoms with Crippen molar-refractivity contribution >= 4 is 23.3 Å². The monoisotopic (exact) mass is 312 g/mol. The van der Waals surface area contributed by atoms with E-state index in [4.69, 9.17) is 0 Å². The first-order valence-corrected chi connectivity index (χ1v) is 5.73. The zero-order valence-electron chi connectivity index (χ0n) is 10.6. The number of hydroxylamine groups is 2. The van der Waals surface area contributed by atoms with Gasteiger partial charge in [0.1, 0.15) is 5.75 Å². The Hall–Kier alpha value is -1.67. The predicted octanol–water partition coefficient (Wildman–Crippen LogP) is 3.22. The normalized spacial score (nSPS) is 12.7. The van der Waals surface area contributed by atoms with Gasteiger partial charge in [0.25, 0.3) is 5.63 Å². The summed E-state index contributed by atoms with van der Waals surface area (Å²) in [5, 5.41) is 3.25. The van der Waals surface area contributed by atoms with Gasteiger partial charge in [-0.15, -0.1) is 0 Å². The molecule has 1 atom stereocenters. The minimum atomic E-state index is -4.17. The number of hydrogen-bond donors (Lipinski definition) is 1. The molecule has 5 nitrogen and oxygen atoms in total. The van der Waals surface area contributed by atoms with Crippen molar-refractivity contribution in [3.05, 3.63) is 24.3 Å². The molecule has 0 radical (unpaired) electrons. The summed E-state index contributed by atoms with van der Waals surface area (Å²) in [5.74, 6) is -0.351. The predicted molar refractivity (Wildman–Crippen MR) is 66.6 cm³/mol. The van der Waals surface area contributed by atoms with Crippen LogP contribution in [0.15, 0.2) is 24.3 Å². The van der Waals surface area contributed by atoms with E-state index in [1.54, 1.807) is 0 Å². The van der Waals surface area contributed by atoms with Crippen molar-refractivity contribution in [3.8, 4) is 5.75 Å². The molecule has 0 spiro atoms. The lowest BCUT2D eigenvalue weighted by atomic mass is 10.3. The molecule has 1 rings (SSSR count). The molecule has 20 heavy (non-hydrogen) atoms. The second-order valence-corrected chi connectivity index (χ2v) is 3.99. The van der Waals surface area contributed by atoms with E-state index in [2.05, 4.69) is 26.5 Å². The van der Waals surface area contributed by atoms with Crippen LogP contribution in [-0.4, -0.2) is 37.0 Å². The van der Waals surface area contributed by atoms with Crippen LogP contribution < -0.4 is 10.1 Å². The molecule has 0 bridgehead atoms. The summed E-state index contributed by atoms with van der Waals surface area (Å²) in [6.45, 7) is 0. The van der Waals surface area contributed by atoms with E-state index in [0.717, 1.165) is 11.1 Å². The lowest BCUT2D eigenvalue weighted by Gasteiger charge is -2.18. The lowest BCUT2D eigenvalue weighted by Crippen LogP contribution is -2.33. The third kappa shape index (κ3) is 4.46. The third-order valence-electron chi connectivity index (χ3n) is 2.15. The molecular formula is C11H12ClF3N2O3. The first-order chi connectivity index (χ1) is 9.26. The highest BCUT2D eigenvalue weighted by atomic mass is 35.5. The Morgan fingerprint density at radius 3 is 2.70 bits per heavy atom. The van der Waals surface area contributed by atoms with Crippen molar-refractivity contribution in [1.29, 1.82) is 0 Å². The first-order valence-electron chi connectivity index (χ1n) is 5.30. The number of hydrogen-bond acceptors (Lipinski definition) is 3. The summed E-state index contributed by atoms with van der Waals surface area (Å²) in [7, 11) is 2.63. The molecule has 0 aliphatic carbocycles. The molecule has 9 heteroatoms. The maximum Gasteiger partial charge on any atom is 0.444 e. The Bertz CT molecular complexity index is 474. The molecule has 0 saturated carbocycles. The molecule has 0 saturated heterocycles. The maximum absolute atomic E-state index is 13.0. The van der Waals surface area contributed by atoms with Gasteiger partial charge in [0.2, 0.25) is 0 Å². The molecule has 0 fully saturated rings. The smallest absolute Gasteiger partial charge is 0.429 e. The zero-order chi connectivity index (χ0) is 15.3. The average molecular weight is 313 g/mol. The molecule has 0 aromatic heterocycles. The Kier molecular flexibility index (Phi) is 5.46. The Morgan fingerprint density at radius 2 is 2.15 bits per heavy atom. The van der Waals surface area contributed by atoms with Crippen LogP contribution in [0.4, 0.5) is 23.7 Å². The van der Waals surface area contributed by atoms with Crippen LogP contribution in [0, 0.1) is 0 Å². The SMILES string of the molecule is CON(C)C(=O)Nc1cccc(OC(F)(F)C(F)Cl)c1. The molecule has 0 aliphatic heterocycles. The van der Waals surface area contributed by atoms with Crippen molar-refractivity contribution in [2.24, 2.45) is 0 Å². The second kappa shape index (κ2) is 6.67. The number of nitrogens with zero attached hydrogens (tertiary/aromatic N) is 1. The van der Waals surface area contributed by atoms with Gasteiger partial charge in [-0.1, -0.05) is 17.7 Å². The van der Waals surface area contributed by atoms with Crippen LogP contribution in [0.3, 0.4) is 0 Å². The van der Waals surface area contributed by atoms with E-state index in [1.165, 1.54) is 32.4 Å². The summed E-state index contributed by atoms with van der Waals surface area (Å²) >= 11 is 4.67. The summed E-state index contributed by atoms with van der Waals surface area (Å²) in [4.78, 5) is 16.1. The molecular weight excluding hydrogens is 301 g/mol. The molecule has 1 aromatic rings. The van der Waals surface area contributed by atoms with Crippen molar-refractivity contribution in [2.45, 2.75) is 11.7 Å². The zero-order valence-corrected chi connectivity index (χ0v) is 11.3. The number of carbonyl (C=O) groups excluding carboxylic acids is 1. The van der Waals surface area contributed by atoms with Crippen molar-refractivity contribution < 1.29 is 27.5 Å². The van der Waals surface area contributed by atoms with E-state index in [9.17, 15) is 18.0 Å². The highest BCUT2D eigenvalue weighted by Crippen LogP contribution is 2.29.